The van der Waals surface area contributed by atoms with Crippen molar-refractivity contribution in [3.8, 4) is 0 Å². The normalized spacial score (nSPS) is 10.9. The largest absolute Gasteiger partial charge is 0.376 e. The van der Waals surface area contributed by atoms with E-state index >= 15 is 0 Å². The summed E-state index contributed by atoms with van der Waals surface area (Å²) in [5.74, 6) is 1.41. The van der Waals surface area contributed by atoms with Crippen LogP contribution in [0.2, 0.25) is 0 Å². The molecule has 0 bridgehead atoms. The van der Waals surface area contributed by atoms with Gasteiger partial charge in [-0.15, -0.1) is 0 Å². The van der Waals surface area contributed by atoms with Crippen molar-refractivity contribution in [2.75, 3.05) is 25.0 Å². The molecule has 0 fully saturated rings. The van der Waals surface area contributed by atoms with E-state index in [9.17, 15) is 0 Å². The Morgan fingerprint density at radius 1 is 1.15 bits per heavy atom. The zero-order valence-electron chi connectivity index (χ0n) is 12.2. The number of anilines is 1. The maximum Gasteiger partial charge on any atom is 0.245 e. The third kappa shape index (κ3) is 4.35. The summed E-state index contributed by atoms with van der Waals surface area (Å²) in [4.78, 5) is 6.74. The maximum atomic E-state index is 5.24. The highest BCUT2D eigenvalue weighted by molar-refractivity contribution is 5.42. The molecule has 0 aliphatic carbocycles. The van der Waals surface area contributed by atoms with Crippen LogP contribution in [0.5, 0.6) is 0 Å². The quantitative estimate of drug-likeness (QED) is 0.801. The Balaban J connectivity index is 1.80. The van der Waals surface area contributed by atoms with Crippen molar-refractivity contribution in [2.24, 2.45) is 0 Å². The SMILES string of the molecule is CCN(CC)CCc1noc(CNc2ccccc2)n1. The minimum absolute atomic E-state index is 0.558. The van der Waals surface area contributed by atoms with Gasteiger partial charge in [-0.1, -0.05) is 37.2 Å². The van der Waals surface area contributed by atoms with E-state index in [1.54, 1.807) is 0 Å². The molecule has 1 aromatic heterocycles. The minimum Gasteiger partial charge on any atom is -0.376 e. The third-order valence-electron chi connectivity index (χ3n) is 3.27. The van der Waals surface area contributed by atoms with Crippen molar-refractivity contribution in [3.63, 3.8) is 0 Å². The van der Waals surface area contributed by atoms with Crippen LogP contribution in [0.1, 0.15) is 25.6 Å². The van der Waals surface area contributed by atoms with Crippen molar-refractivity contribution in [2.45, 2.75) is 26.8 Å². The van der Waals surface area contributed by atoms with E-state index in [1.165, 1.54) is 0 Å². The average molecular weight is 274 g/mol. The molecule has 20 heavy (non-hydrogen) atoms. The molecule has 0 atom stereocenters. The molecule has 0 saturated carbocycles. The molecule has 2 aromatic rings. The molecule has 0 unspecified atom stereocenters. The number of rotatable bonds is 8. The van der Waals surface area contributed by atoms with Gasteiger partial charge in [0.2, 0.25) is 5.89 Å². The number of nitrogens with one attached hydrogen (secondary N) is 1. The Bertz CT molecular complexity index is 494. The molecule has 1 heterocycles. The molecule has 0 saturated heterocycles. The van der Waals surface area contributed by atoms with Gasteiger partial charge in [-0.25, -0.2) is 0 Å². The predicted molar refractivity (Wildman–Crippen MR) is 79.6 cm³/mol. The summed E-state index contributed by atoms with van der Waals surface area (Å²) >= 11 is 0. The van der Waals surface area contributed by atoms with Gasteiger partial charge in [0, 0.05) is 18.7 Å². The molecule has 0 spiro atoms. The zero-order valence-corrected chi connectivity index (χ0v) is 12.2. The second kappa shape index (κ2) is 7.65. The van der Waals surface area contributed by atoms with Gasteiger partial charge in [0.1, 0.15) is 0 Å². The first-order valence-corrected chi connectivity index (χ1v) is 7.14. The van der Waals surface area contributed by atoms with Crippen molar-refractivity contribution in [3.05, 3.63) is 42.0 Å². The van der Waals surface area contributed by atoms with Crippen molar-refractivity contribution >= 4 is 5.69 Å². The van der Waals surface area contributed by atoms with Crippen LogP contribution in [0.15, 0.2) is 34.9 Å². The summed E-state index contributed by atoms with van der Waals surface area (Å²) in [5, 5.41) is 7.27. The summed E-state index contributed by atoms with van der Waals surface area (Å²) in [7, 11) is 0. The minimum atomic E-state index is 0.558. The van der Waals surface area contributed by atoms with E-state index in [1.807, 2.05) is 30.3 Å². The Hall–Kier alpha value is -1.88. The standard InChI is InChI=1S/C15H22N4O/c1-3-19(4-2)11-10-14-17-15(20-18-14)12-16-13-8-6-5-7-9-13/h5-9,16H,3-4,10-12H2,1-2H3. The predicted octanol–water partition coefficient (Wildman–Crippen LogP) is 2.57. The first kappa shape index (κ1) is 14.5. The lowest BCUT2D eigenvalue weighted by Crippen LogP contribution is -2.25. The van der Waals surface area contributed by atoms with Crippen LogP contribution >= 0.6 is 0 Å². The van der Waals surface area contributed by atoms with E-state index in [-0.39, 0.29) is 0 Å². The molecule has 5 nitrogen and oxygen atoms in total. The molecule has 0 amide bonds. The summed E-state index contributed by atoms with van der Waals surface area (Å²) < 4.78 is 5.24. The van der Waals surface area contributed by atoms with Gasteiger partial charge in [0.15, 0.2) is 5.82 Å². The topological polar surface area (TPSA) is 54.2 Å². The highest BCUT2D eigenvalue weighted by Crippen LogP contribution is 2.07. The second-order valence-electron chi connectivity index (χ2n) is 4.60. The fourth-order valence-electron chi connectivity index (χ4n) is 2.00. The number of para-hydroxylation sites is 1. The molecular weight excluding hydrogens is 252 g/mol. The number of hydrogen-bond donors (Lipinski definition) is 1. The number of aromatic nitrogens is 2. The monoisotopic (exact) mass is 274 g/mol. The van der Waals surface area contributed by atoms with Gasteiger partial charge in [0.05, 0.1) is 6.54 Å². The first-order chi connectivity index (χ1) is 9.81. The Morgan fingerprint density at radius 2 is 1.90 bits per heavy atom. The lowest BCUT2D eigenvalue weighted by Gasteiger charge is -2.16. The molecule has 0 radical (unpaired) electrons. The van der Waals surface area contributed by atoms with Crippen LogP contribution < -0.4 is 5.32 Å². The molecular formula is C15H22N4O. The van der Waals surface area contributed by atoms with E-state index in [0.717, 1.165) is 37.6 Å². The number of hydrogen-bond acceptors (Lipinski definition) is 5. The fraction of sp³-hybridized carbons (Fsp3) is 0.467. The molecule has 5 heteroatoms. The average Bonchev–Trinajstić information content (AvgIpc) is 2.95. The highest BCUT2D eigenvalue weighted by Gasteiger charge is 2.07. The van der Waals surface area contributed by atoms with Crippen LogP contribution in [0, 0.1) is 0 Å². The Kier molecular flexibility index (Phi) is 5.55. The van der Waals surface area contributed by atoms with Crippen LogP contribution in [0.25, 0.3) is 0 Å². The molecule has 1 aromatic carbocycles. The lowest BCUT2D eigenvalue weighted by molar-refractivity contribution is 0.302. The summed E-state index contributed by atoms with van der Waals surface area (Å²) in [6.45, 7) is 7.96. The summed E-state index contributed by atoms with van der Waals surface area (Å²) in [6.07, 6.45) is 0.830. The zero-order chi connectivity index (χ0) is 14.2. The Morgan fingerprint density at radius 3 is 2.60 bits per heavy atom. The molecule has 1 N–H and O–H groups in total. The van der Waals surface area contributed by atoms with Gasteiger partial charge in [-0.2, -0.15) is 4.98 Å². The van der Waals surface area contributed by atoms with Crippen molar-refractivity contribution in [1.82, 2.24) is 15.0 Å². The summed E-state index contributed by atoms with van der Waals surface area (Å²) in [6, 6.07) is 10.00. The van der Waals surface area contributed by atoms with Gasteiger partial charge in [-0.3, -0.25) is 0 Å². The van der Waals surface area contributed by atoms with Crippen LogP contribution in [0.4, 0.5) is 5.69 Å². The van der Waals surface area contributed by atoms with Gasteiger partial charge >= 0.3 is 0 Å². The number of likely N-dealkylation sites (N-methyl/N-ethyl adjacent to an activating group) is 1. The molecule has 108 valence electrons. The smallest absolute Gasteiger partial charge is 0.245 e. The second-order valence-corrected chi connectivity index (χ2v) is 4.60. The number of benzene rings is 1. The number of nitrogens with zero attached hydrogens (tertiary/aromatic N) is 3. The van der Waals surface area contributed by atoms with E-state index in [0.29, 0.717) is 12.4 Å². The van der Waals surface area contributed by atoms with Gasteiger partial charge in [0.25, 0.3) is 0 Å². The molecule has 0 aliphatic heterocycles. The van der Waals surface area contributed by atoms with Crippen LogP contribution in [-0.4, -0.2) is 34.7 Å². The van der Waals surface area contributed by atoms with Crippen LogP contribution in [0.3, 0.4) is 0 Å². The fourth-order valence-corrected chi connectivity index (χ4v) is 2.00. The lowest BCUT2D eigenvalue weighted by atomic mass is 10.3. The first-order valence-electron chi connectivity index (χ1n) is 7.14. The Labute approximate surface area is 120 Å². The van der Waals surface area contributed by atoms with E-state index in [2.05, 4.69) is 34.2 Å². The van der Waals surface area contributed by atoms with E-state index < -0.39 is 0 Å². The third-order valence-corrected chi connectivity index (χ3v) is 3.27. The maximum absolute atomic E-state index is 5.24. The van der Waals surface area contributed by atoms with Gasteiger partial charge < -0.3 is 14.7 Å². The van der Waals surface area contributed by atoms with Crippen LogP contribution in [-0.2, 0) is 13.0 Å². The molecule has 2 rings (SSSR count). The molecule has 0 aliphatic rings. The highest BCUT2D eigenvalue weighted by atomic mass is 16.5. The van der Waals surface area contributed by atoms with Crippen molar-refractivity contribution in [1.29, 1.82) is 0 Å². The van der Waals surface area contributed by atoms with Crippen molar-refractivity contribution < 1.29 is 4.52 Å². The summed E-state index contributed by atoms with van der Waals surface area (Å²) in [5.41, 5.74) is 1.05. The van der Waals surface area contributed by atoms with Gasteiger partial charge in [-0.05, 0) is 25.2 Å². The van der Waals surface area contributed by atoms with E-state index in [4.69, 9.17) is 4.52 Å².